The second-order valence-electron chi connectivity index (χ2n) is 4.19. The fourth-order valence-electron chi connectivity index (χ4n) is 1.65. The zero-order chi connectivity index (χ0) is 11.5. The summed E-state index contributed by atoms with van der Waals surface area (Å²) < 4.78 is 6.02. The molecule has 2 rings (SSSR count). The van der Waals surface area contributed by atoms with Crippen LogP contribution >= 0.6 is 28.3 Å². The van der Waals surface area contributed by atoms with Crippen molar-refractivity contribution in [2.24, 2.45) is 5.92 Å². The number of methoxy groups -OCH3 is 1. The summed E-state index contributed by atoms with van der Waals surface area (Å²) in [4.78, 5) is 0. The number of aromatic hydroxyl groups is 1. The molecule has 0 bridgehead atoms. The van der Waals surface area contributed by atoms with Crippen molar-refractivity contribution in [3.05, 3.63) is 22.2 Å². The lowest BCUT2D eigenvalue weighted by Gasteiger charge is -2.10. The Balaban J connectivity index is 0.00000144. The highest BCUT2D eigenvalue weighted by molar-refractivity contribution is 9.10. The van der Waals surface area contributed by atoms with Crippen LogP contribution in [0.15, 0.2) is 16.6 Å². The van der Waals surface area contributed by atoms with E-state index in [4.69, 9.17) is 4.74 Å². The minimum atomic E-state index is 0. The molecule has 0 spiro atoms. The quantitative estimate of drug-likeness (QED) is 0.875. The number of phenols is 1. The summed E-state index contributed by atoms with van der Waals surface area (Å²) in [6.07, 6.45) is 2.67. The van der Waals surface area contributed by atoms with E-state index < -0.39 is 0 Å². The highest BCUT2D eigenvalue weighted by Crippen LogP contribution is 2.33. The Kier molecular flexibility index (Phi) is 5.56. The summed E-state index contributed by atoms with van der Waals surface area (Å²) in [6, 6.07) is 3.68. The lowest BCUT2D eigenvalue weighted by atomic mass is 10.2. The van der Waals surface area contributed by atoms with Crippen LogP contribution in [0.4, 0.5) is 0 Å². The molecule has 0 heterocycles. The van der Waals surface area contributed by atoms with E-state index in [0.717, 1.165) is 22.5 Å². The number of hydrogen-bond acceptors (Lipinski definition) is 3. The first-order valence-corrected chi connectivity index (χ1v) is 6.26. The minimum absolute atomic E-state index is 0. The molecule has 3 nitrogen and oxygen atoms in total. The van der Waals surface area contributed by atoms with Gasteiger partial charge in [0.1, 0.15) is 0 Å². The van der Waals surface area contributed by atoms with Crippen LogP contribution in [0, 0.1) is 5.92 Å². The third-order valence-electron chi connectivity index (χ3n) is 2.78. The van der Waals surface area contributed by atoms with Crippen molar-refractivity contribution in [3.8, 4) is 11.5 Å². The Hall–Kier alpha value is -0.450. The molecule has 0 aromatic heterocycles. The van der Waals surface area contributed by atoms with Crippen molar-refractivity contribution in [3.63, 3.8) is 0 Å². The average Bonchev–Trinajstić information content (AvgIpc) is 3.06. The van der Waals surface area contributed by atoms with Crippen molar-refractivity contribution in [2.75, 3.05) is 13.7 Å². The molecule has 1 aromatic carbocycles. The first-order valence-electron chi connectivity index (χ1n) is 5.47. The summed E-state index contributed by atoms with van der Waals surface area (Å²) >= 11 is 3.40. The Morgan fingerprint density at radius 1 is 1.47 bits per heavy atom. The Labute approximate surface area is 116 Å². The molecule has 0 saturated heterocycles. The number of rotatable bonds is 5. The van der Waals surface area contributed by atoms with E-state index in [1.54, 1.807) is 13.2 Å². The number of halogens is 2. The maximum atomic E-state index is 9.91. The standard InChI is InChI=1S/C12H16BrNO2.ClH/c1-16-11-5-10(13)4-9(12(11)15)7-14-6-8-2-3-8;/h4-5,8,14-15H,2-3,6-7H2,1H3;1H. The normalized spacial score (nSPS) is 14.2. The van der Waals surface area contributed by atoms with E-state index >= 15 is 0 Å². The molecule has 0 radical (unpaired) electrons. The highest BCUT2D eigenvalue weighted by atomic mass is 79.9. The molecule has 0 unspecified atom stereocenters. The largest absolute Gasteiger partial charge is 0.504 e. The minimum Gasteiger partial charge on any atom is -0.504 e. The lowest BCUT2D eigenvalue weighted by Crippen LogP contribution is -2.16. The summed E-state index contributed by atoms with van der Waals surface area (Å²) in [5.74, 6) is 1.59. The van der Waals surface area contributed by atoms with Gasteiger partial charge >= 0.3 is 0 Å². The van der Waals surface area contributed by atoms with E-state index in [1.807, 2.05) is 6.07 Å². The molecule has 1 aromatic rings. The Morgan fingerprint density at radius 3 is 2.76 bits per heavy atom. The Morgan fingerprint density at radius 2 is 2.18 bits per heavy atom. The van der Waals surface area contributed by atoms with Gasteiger partial charge < -0.3 is 15.2 Å². The van der Waals surface area contributed by atoms with E-state index in [1.165, 1.54) is 12.8 Å². The van der Waals surface area contributed by atoms with Gasteiger partial charge in [-0.3, -0.25) is 0 Å². The topological polar surface area (TPSA) is 41.5 Å². The molecule has 96 valence electrons. The van der Waals surface area contributed by atoms with Crippen LogP contribution in [0.1, 0.15) is 18.4 Å². The molecule has 0 atom stereocenters. The second kappa shape index (κ2) is 6.47. The van der Waals surface area contributed by atoms with E-state index in [2.05, 4.69) is 21.2 Å². The van der Waals surface area contributed by atoms with Crippen LogP contribution < -0.4 is 10.1 Å². The SMILES string of the molecule is COc1cc(Br)cc(CNCC2CC2)c1O.Cl. The molecule has 0 amide bonds. The van der Waals surface area contributed by atoms with Gasteiger partial charge in [-0.15, -0.1) is 12.4 Å². The van der Waals surface area contributed by atoms with E-state index in [9.17, 15) is 5.11 Å². The molecule has 2 N–H and O–H groups in total. The van der Waals surface area contributed by atoms with Crippen LogP contribution in [0.25, 0.3) is 0 Å². The van der Waals surface area contributed by atoms with Gasteiger partial charge in [0.05, 0.1) is 7.11 Å². The molecule has 1 fully saturated rings. The zero-order valence-electron chi connectivity index (χ0n) is 9.70. The van der Waals surface area contributed by atoms with Gasteiger partial charge in [0.25, 0.3) is 0 Å². The number of benzene rings is 1. The van der Waals surface area contributed by atoms with Crippen LogP contribution in [0.2, 0.25) is 0 Å². The number of phenolic OH excluding ortho intramolecular Hbond substituents is 1. The summed E-state index contributed by atoms with van der Waals surface area (Å²) in [6.45, 7) is 1.71. The maximum absolute atomic E-state index is 9.91. The van der Waals surface area contributed by atoms with Crippen molar-refractivity contribution < 1.29 is 9.84 Å². The van der Waals surface area contributed by atoms with Crippen LogP contribution in [-0.2, 0) is 6.54 Å². The summed E-state index contributed by atoms with van der Waals surface area (Å²) in [5, 5.41) is 13.3. The molecule has 5 heteroatoms. The predicted octanol–water partition coefficient (Wildman–Crippen LogP) is 3.08. The summed E-state index contributed by atoms with van der Waals surface area (Å²) in [7, 11) is 1.56. The molecule has 1 aliphatic rings. The molecule has 17 heavy (non-hydrogen) atoms. The van der Waals surface area contributed by atoms with Crippen molar-refractivity contribution >= 4 is 28.3 Å². The number of ether oxygens (including phenoxy) is 1. The molecular weight excluding hydrogens is 305 g/mol. The third kappa shape index (κ3) is 4.05. The van der Waals surface area contributed by atoms with E-state index in [0.29, 0.717) is 12.3 Å². The van der Waals surface area contributed by atoms with Gasteiger partial charge in [-0.05, 0) is 37.4 Å². The maximum Gasteiger partial charge on any atom is 0.162 e. The predicted molar refractivity (Wildman–Crippen MR) is 74.0 cm³/mol. The molecule has 1 saturated carbocycles. The highest BCUT2D eigenvalue weighted by Gasteiger charge is 2.20. The fourth-order valence-corrected chi connectivity index (χ4v) is 2.14. The van der Waals surface area contributed by atoms with Crippen molar-refractivity contribution in [1.82, 2.24) is 5.32 Å². The molecule has 0 aliphatic heterocycles. The Bertz CT molecular complexity index is 383. The number of hydrogen-bond donors (Lipinski definition) is 2. The van der Waals surface area contributed by atoms with Crippen LogP contribution in [0.3, 0.4) is 0 Å². The van der Waals surface area contributed by atoms with Crippen LogP contribution in [-0.4, -0.2) is 18.8 Å². The van der Waals surface area contributed by atoms with Crippen molar-refractivity contribution in [1.29, 1.82) is 0 Å². The lowest BCUT2D eigenvalue weighted by molar-refractivity contribution is 0.369. The number of nitrogens with one attached hydrogen (secondary N) is 1. The van der Waals surface area contributed by atoms with Gasteiger partial charge in [0, 0.05) is 16.6 Å². The second-order valence-corrected chi connectivity index (χ2v) is 5.11. The monoisotopic (exact) mass is 321 g/mol. The first kappa shape index (κ1) is 14.6. The van der Waals surface area contributed by atoms with Gasteiger partial charge in [-0.2, -0.15) is 0 Å². The first-order chi connectivity index (χ1) is 7.70. The van der Waals surface area contributed by atoms with Gasteiger partial charge in [-0.25, -0.2) is 0 Å². The van der Waals surface area contributed by atoms with Gasteiger partial charge in [-0.1, -0.05) is 15.9 Å². The fraction of sp³-hybridized carbons (Fsp3) is 0.500. The zero-order valence-corrected chi connectivity index (χ0v) is 12.1. The third-order valence-corrected chi connectivity index (χ3v) is 3.24. The average molecular weight is 323 g/mol. The molecular formula is C12H17BrClNO2. The smallest absolute Gasteiger partial charge is 0.162 e. The van der Waals surface area contributed by atoms with Gasteiger partial charge in [0.2, 0.25) is 0 Å². The van der Waals surface area contributed by atoms with Gasteiger partial charge in [0.15, 0.2) is 11.5 Å². The van der Waals surface area contributed by atoms with Crippen LogP contribution in [0.5, 0.6) is 11.5 Å². The molecule has 1 aliphatic carbocycles. The van der Waals surface area contributed by atoms with Crippen molar-refractivity contribution in [2.45, 2.75) is 19.4 Å². The summed E-state index contributed by atoms with van der Waals surface area (Å²) in [5.41, 5.74) is 0.867. The van der Waals surface area contributed by atoms with E-state index in [-0.39, 0.29) is 18.2 Å².